The third-order valence-electron chi connectivity index (χ3n) is 2.71. The van der Waals surface area contributed by atoms with Gasteiger partial charge < -0.3 is 14.6 Å². The minimum atomic E-state index is -0.444. The number of aromatic nitrogens is 2. The van der Waals surface area contributed by atoms with Crippen LogP contribution in [0.1, 0.15) is 16.1 Å². The van der Waals surface area contributed by atoms with Crippen LogP contribution in [0.25, 0.3) is 0 Å². The maximum absolute atomic E-state index is 12.1. The third-order valence-corrected chi connectivity index (χ3v) is 2.71. The number of ether oxygens (including phenoxy) is 2. The lowest BCUT2D eigenvalue weighted by molar-refractivity contribution is 0.102. The first-order valence-electron chi connectivity index (χ1n) is 6.11. The quantitative estimate of drug-likeness (QED) is 0.890. The van der Waals surface area contributed by atoms with Gasteiger partial charge in [-0.2, -0.15) is 4.98 Å². The van der Waals surface area contributed by atoms with Gasteiger partial charge in [0.25, 0.3) is 5.91 Å². The van der Waals surface area contributed by atoms with Gasteiger partial charge >= 0.3 is 0 Å². The van der Waals surface area contributed by atoms with Crippen LogP contribution in [0.15, 0.2) is 24.3 Å². The van der Waals surface area contributed by atoms with Gasteiger partial charge in [0.2, 0.25) is 11.8 Å². The highest BCUT2D eigenvalue weighted by Gasteiger charge is 2.12. The molecule has 7 nitrogen and oxygen atoms in total. The van der Waals surface area contributed by atoms with E-state index in [-0.39, 0.29) is 17.3 Å². The zero-order chi connectivity index (χ0) is 15.4. The molecule has 0 aliphatic carbocycles. The van der Waals surface area contributed by atoms with Crippen molar-refractivity contribution >= 4 is 11.9 Å². The molecule has 1 amide bonds. The Hall–Kier alpha value is -2.83. The molecule has 2 aromatic rings. The van der Waals surface area contributed by atoms with E-state index in [2.05, 4.69) is 15.3 Å². The van der Waals surface area contributed by atoms with Crippen LogP contribution in [-0.2, 0) is 0 Å². The van der Waals surface area contributed by atoms with Crippen molar-refractivity contribution in [3.63, 3.8) is 0 Å². The number of phenols is 1. The summed E-state index contributed by atoms with van der Waals surface area (Å²) in [6.07, 6.45) is 0. The molecule has 7 heteroatoms. The second kappa shape index (κ2) is 6.08. The van der Waals surface area contributed by atoms with Crippen LogP contribution < -0.4 is 14.8 Å². The van der Waals surface area contributed by atoms with Crippen LogP contribution in [-0.4, -0.2) is 35.2 Å². The van der Waals surface area contributed by atoms with Gasteiger partial charge in [0.15, 0.2) is 11.5 Å². The Morgan fingerprint density at radius 2 is 1.95 bits per heavy atom. The van der Waals surface area contributed by atoms with Gasteiger partial charge in [-0.1, -0.05) is 0 Å². The molecule has 2 N–H and O–H groups in total. The van der Waals surface area contributed by atoms with E-state index in [4.69, 9.17) is 9.47 Å². The smallest absolute Gasteiger partial charge is 0.258 e. The molecule has 0 aliphatic rings. The number of phenolic OH excluding ortho intramolecular Hbond substituents is 1. The van der Waals surface area contributed by atoms with Gasteiger partial charge in [0, 0.05) is 17.3 Å². The van der Waals surface area contributed by atoms with Crippen molar-refractivity contribution in [2.24, 2.45) is 0 Å². The first-order chi connectivity index (χ1) is 10.0. The lowest BCUT2D eigenvalue weighted by Gasteiger charge is -2.08. The maximum atomic E-state index is 12.1. The topological polar surface area (TPSA) is 93.6 Å². The normalized spacial score (nSPS) is 10.0. The SMILES string of the molecule is COc1cc(C)nc(NC(=O)c2ccc(OC)c(O)c2)n1. The molecule has 0 radical (unpaired) electrons. The van der Waals surface area contributed by atoms with Gasteiger partial charge in [-0.15, -0.1) is 0 Å². The second-order valence-electron chi connectivity index (χ2n) is 4.22. The summed E-state index contributed by atoms with van der Waals surface area (Å²) in [5.74, 6) is 0.219. The van der Waals surface area contributed by atoms with E-state index in [9.17, 15) is 9.90 Å². The van der Waals surface area contributed by atoms with Gasteiger partial charge in [-0.3, -0.25) is 10.1 Å². The van der Waals surface area contributed by atoms with Gasteiger partial charge in [-0.05, 0) is 25.1 Å². The van der Waals surface area contributed by atoms with Gasteiger partial charge in [0.1, 0.15) is 0 Å². The number of rotatable bonds is 4. The Morgan fingerprint density at radius 3 is 2.57 bits per heavy atom. The molecule has 110 valence electrons. The molecular weight excluding hydrogens is 274 g/mol. The molecular formula is C14H15N3O4. The van der Waals surface area contributed by atoms with E-state index >= 15 is 0 Å². The van der Waals surface area contributed by atoms with Gasteiger partial charge in [0.05, 0.1) is 14.2 Å². The van der Waals surface area contributed by atoms with E-state index in [0.29, 0.717) is 17.3 Å². The summed E-state index contributed by atoms with van der Waals surface area (Å²) >= 11 is 0. The average Bonchev–Trinajstić information content (AvgIpc) is 2.46. The van der Waals surface area contributed by atoms with Crippen LogP contribution in [0, 0.1) is 6.92 Å². The summed E-state index contributed by atoms with van der Waals surface area (Å²) in [6, 6.07) is 5.99. The Kier molecular flexibility index (Phi) is 4.22. The molecule has 1 aromatic heterocycles. The standard InChI is InChI=1S/C14H15N3O4/c1-8-6-12(21-3)16-14(15-8)17-13(19)9-4-5-11(20-2)10(18)7-9/h4-7,18H,1-3H3,(H,15,16,17,19). The molecule has 0 unspecified atom stereocenters. The fourth-order valence-corrected chi connectivity index (χ4v) is 1.71. The van der Waals surface area contributed by atoms with E-state index in [1.54, 1.807) is 13.0 Å². The number of nitrogens with one attached hydrogen (secondary N) is 1. The minimum Gasteiger partial charge on any atom is -0.504 e. The first-order valence-corrected chi connectivity index (χ1v) is 6.11. The number of benzene rings is 1. The number of hydrogen-bond donors (Lipinski definition) is 2. The first kappa shape index (κ1) is 14.6. The molecule has 0 saturated heterocycles. The van der Waals surface area contributed by atoms with Crippen molar-refractivity contribution < 1.29 is 19.4 Å². The van der Waals surface area contributed by atoms with Crippen LogP contribution >= 0.6 is 0 Å². The van der Waals surface area contributed by atoms with Crippen LogP contribution in [0.5, 0.6) is 17.4 Å². The van der Waals surface area contributed by atoms with Crippen LogP contribution in [0.2, 0.25) is 0 Å². The number of methoxy groups -OCH3 is 2. The van der Waals surface area contributed by atoms with Crippen molar-refractivity contribution in [2.75, 3.05) is 19.5 Å². The number of carbonyl (C=O) groups is 1. The molecule has 1 heterocycles. The Bertz CT molecular complexity index is 673. The molecule has 0 fully saturated rings. The summed E-state index contributed by atoms with van der Waals surface area (Å²) < 4.78 is 9.93. The van der Waals surface area contributed by atoms with Crippen molar-refractivity contribution in [3.8, 4) is 17.4 Å². The van der Waals surface area contributed by atoms with Crippen molar-refractivity contribution in [1.29, 1.82) is 0 Å². The molecule has 21 heavy (non-hydrogen) atoms. The summed E-state index contributed by atoms with van der Waals surface area (Å²) in [5, 5.41) is 12.2. The number of amides is 1. The number of aryl methyl sites for hydroxylation is 1. The maximum Gasteiger partial charge on any atom is 0.258 e. The van der Waals surface area contributed by atoms with Gasteiger partial charge in [-0.25, -0.2) is 4.98 Å². The highest BCUT2D eigenvalue weighted by molar-refractivity contribution is 6.03. The molecule has 2 rings (SSSR count). The Balaban J connectivity index is 2.21. The summed E-state index contributed by atoms with van der Waals surface area (Å²) in [4.78, 5) is 20.2. The number of nitrogens with zero attached hydrogens (tertiary/aromatic N) is 2. The highest BCUT2D eigenvalue weighted by Crippen LogP contribution is 2.26. The number of anilines is 1. The van der Waals surface area contributed by atoms with E-state index in [1.165, 1.54) is 32.4 Å². The monoisotopic (exact) mass is 289 g/mol. The lowest BCUT2D eigenvalue weighted by atomic mass is 10.2. The number of hydrogen-bond acceptors (Lipinski definition) is 6. The molecule has 0 bridgehead atoms. The van der Waals surface area contributed by atoms with Crippen LogP contribution in [0.3, 0.4) is 0 Å². The Labute approximate surface area is 121 Å². The second-order valence-corrected chi connectivity index (χ2v) is 4.22. The predicted octanol–water partition coefficient (Wildman–Crippen LogP) is 1.76. The average molecular weight is 289 g/mol. The fraction of sp³-hybridized carbons (Fsp3) is 0.214. The van der Waals surface area contributed by atoms with Crippen LogP contribution in [0.4, 0.5) is 5.95 Å². The fourth-order valence-electron chi connectivity index (χ4n) is 1.71. The third kappa shape index (κ3) is 3.38. The highest BCUT2D eigenvalue weighted by atomic mass is 16.5. The molecule has 0 spiro atoms. The van der Waals surface area contributed by atoms with E-state index in [0.717, 1.165) is 0 Å². The molecule has 1 aromatic carbocycles. The van der Waals surface area contributed by atoms with Crippen molar-refractivity contribution in [2.45, 2.75) is 6.92 Å². The zero-order valence-corrected chi connectivity index (χ0v) is 11.9. The summed E-state index contributed by atoms with van der Waals surface area (Å²) in [6.45, 7) is 1.76. The predicted molar refractivity (Wildman–Crippen MR) is 75.9 cm³/mol. The summed E-state index contributed by atoms with van der Waals surface area (Å²) in [5.41, 5.74) is 0.923. The Morgan fingerprint density at radius 1 is 1.19 bits per heavy atom. The lowest BCUT2D eigenvalue weighted by Crippen LogP contribution is -2.14. The summed E-state index contributed by atoms with van der Waals surface area (Å²) in [7, 11) is 2.91. The van der Waals surface area contributed by atoms with Crippen molar-refractivity contribution in [1.82, 2.24) is 9.97 Å². The molecule has 0 aliphatic heterocycles. The number of aromatic hydroxyl groups is 1. The largest absolute Gasteiger partial charge is 0.504 e. The molecule has 0 saturated carbocycles. The van der Waals surface area contributed by atoms with E-state index in [1.807, 2.05) is 0 Å². The molecule has 0 atom stereocenters. The van der Waals surface area contributed by atoms with E-state index < -0.39 is 5.91 Å². The minimum absolute atomic E-state index is 0.118. The number of carbonyl (C=O) groups excluding carboxylic acids is 1. The zero-order valence-electron chi connectivity index (χ0n) is 11.9. The van der Waals surface area contributed by atoms with Crippen molar-refractivity contribution in [3.05, 3.63) is 35.5 Å².